The van der Waals surface area contributed by atoms with Crippen LogP contribution in [0.5, 0.6) is 0 Å². The summed E-state index contributed by atoms with van der Waals surface area (Å²) in [4.78, 5) is 39.6. The van der Waals surface area contributed by atoms with E-state index in [1.54, 1.807) is 0 Å². The van der Waals surface area contributed by atoms with E-state index in [2.05, 4.69) is 11.8 Å². The minimum atomic E-state index is -1.77. The Bertz CT molecular complexity index is 714. The summed E-state index contributed by atoms with van der Waals surface area (Å²) in [6, 6.07) is -0.158. The van der Waals surface area contributed by atoms with Crippen molar-refractivity contribution in [3.63, 3.8) is 0 Å². The maximum atomic E-state index is 13.7. The SMILES string of the molecule is CC(C)C(C(=O)OC(C)(C)C)N(C)C.CN(C)C(C)(C)C#CC(=O)N1CCC(F)(C=O)CC1. The van der Waals surface area contributed by atoms with Crippen molar-refractivity contribution >= 4 is 18.2 Å². The Morgan fingerprint density at radius 1 is 1.06 bits per heavy atom. The summed E-state index contributed by atoms with van der Waals surface area (Å²) in [7, 11) is 7.58. The average Bonchev–Trinajstić information content (AvgIpc) is 2.65. The van der Waals surface area contributed by atoms with Crippen molar-refractivity contribution in [1.29, 1.82) is 0 Å². The summed E-state index contributed by atoms with van der Waals surface area (Å²) in [5.74, 6) is 5.34. The molecule has 1 aliphatic rings. The van der Waals surface area contributed by atoms with Crippen LogP contribution in [0.3, 0.4) is 0 Å². The summed E-state index contributed by atoms with van der Waals surface area (Å²) < 4.78 is 19.0. The molecule has 8 heteroatoms. The number of alkyl halides is 1. The van der Waals surface area contributed by atoms with E-state index < -0.39 is 16.8 Å². The van der Waals surface area contributed by atoms with Gasteiger partial charge in [0.2, 0.25) is 0 Å². The van der Waals surface area contributed by atoms with E-state index in [0.29, 0.717) is 6.29 Å². The summed E-state index contributed by atoms with van der Waals surface area (Å²) in [6.07, 6.45) is 0.456. The highest BCUT2D eigenvalue weighted by atomic mass is 19.1. The lowest BCUT2D eigenvalue weighted by molar-refractivity contribution is -0.162. The van der Waals surface area contributed by atoms with Gasteiger partial charge in [0.1, 0.15) is 11.6 Å². The Kier molecular flexibility index (Phi) is 11.7. The third-order valence-electron chi connectivity index (χ3n) is 5.52. The van der Waals surface area contributed by atoms with Crippen LogP contribution in [-0.2, 0) is 19.1 Å². The first kappa shape index (κ1) is 31.0. The van der Waals surface area contributed by atoms with Gasteiger partial charge in [0, 0.05) is 25.9 Å². The van der Waals surface area contributed by atoms with Crippen LogP contribution in [0.4, 0.5) is 4.39 Å². The fraction of sp³-hybridized carbons (Fsp3) is 0.800. The number of hydrogen-bond acceptors (Lipinski definition) is 6. The lowest BCUT2D eigenvalue weighted by Crippen LogP contribution is -2.45. The molecule has 0 aromatic carbocycles. The number of carbonyl (C=O) groups is 3. The van der Waals surface area contributed by atoms with E-state index in [0.717, 1.165) is 0 Å². The molecule has 0 aliphatic carbocycles. The fourth-order valence-corrected chi connectivity index (χ4v) is 3.04. The first-order chi connectivity index (χ1) is 14.8. The third-order valence-corrected chi connectivity index (χ3v) is 5.52. The molecule has 7 nitrogen and oxygen atoms in total. The summed E-state index contributed by atoms with van der Waals surface area (Å²) in [5, 5.41) is 0. The number of nitrogens with zero attached hydrogens (tertiary/aromatic N) is 3. The normalized spacial score (nSPS) is 17.0. The molecule has 1 amide bonds. The minimum absolute atomic E-state index is 0.0565. The highest BCUT2D eigenvalue weighted by Gasteiger charge is 2.35. The number of hydrogen-bond donors (Lipinski definition) is 0. The van der Waals surface area contributed by atoms with Crippen molar-refractivity contribution in [2.24, 2.45) is 5.92 Å². The van der Waals surface area contributed by atoms with Gasteiger partial charge in [0.15, 0.2) is 12.0 Å². The van der Waals surface area contributed by atoms with Crippen molar-refractivity contribution in [3.05, 3.63) is 0 Å². The van der Waals surface area contributed by atoms with Crippen LogP contribution in [0.25, 0.3) is 0 Å². The fourth-order valence-electron chi connectivity index (χ4n) is 3.04. The molecule has 0 aromatic heterocycles. The molecular weight excluding hydrogens is 425 g/mol. The largest absolute Gasteiger partial charge is 0.459 e. The molecule has 0 radical (unpaired) electrons. The Labute approximate surface area is 200 Å². The van der Waals surface area contributed by atoms with Crippen molar-refractivity contribution in [3.8, 4) is 11.8 Å². The lowest BCUT2D eigenvalue weighted by atomic mass is 9.95. The van der Waals surface area contributed by atoms with Gasteiger partial charge in [-0.25, -0.2) is 4.39 Å². The van der Waals surface area contributed by atoms with Crippen LogP contribution in [0.1, 0.15) is 61.3 Å². The number of piperidine rings is 1. The van der Waals surface area contributed by atoms with Gasteiger partial charge >= 0.3 is 5.97 Å². The van der Waals surface area contributed by atoms with E-state index in [9.17, 15) is 18.8 Å². The molecule has 1 heterocycles. The molecule has 0 bridgehead atoms. The molecule has 1 fully saturated rings. The molecule has 1 saturated heterocycles. The topological polar surface area (TPSA) is 70.2 Å². The van der Waals surface area contributed by atoms with E-state index >= 15 is 0 Å². The minimum Gasteiger partial charge on any atom is -0.459 e. The van der Waals surface area contributed by atoms with E-state index in [-0.39, 0.29) is 49.8 Å². The molecule has 0 saturated carbocycles. The Morgan fingerprint density at radius 2 is 1.55 bits per heavy atom. The zero-order chi connectivity index (χ0) is 26.2. The number of rotatable bonds is 5. The number of aldehydes is 1. The van der Waals surface area contributed by atoms with Crippen molar-refractivity contribution < 1.29 is 23.5 Å². The second-order valence-corrected chi connectivity index (χ2v) is 10.8. The van der Waals surface area contributed by atoms with Crippen LogP contribution in [-0.4, -0.2) is 97.0 Å². The molecule has 1 unspecified atom stereocenters. The number of ether oxygens (including phenoxy) is 1. The van der Waals surface area contributed by atoms with Gasteiger partial charge in [-0.3, -0.25) is 24.2 Å². The zero-order valence-corrected chi connectivity index (χ0v) is 22.4. The van der Waals surface area contributed by atoms with Gasteiger partial charge in [0.05, 0.1) is 5.54 Å². The van der Waals surface area contributed by atoms with Crippen LogP contribution in [0.15, 0.2) is 0 Å². The highest BCUT2D eigenvalue weighted by Crippen LogP contribution is 2.24. The second-order valence-electron chi connectivity index (χ2n) is 10.8. The summed E-state index contributed by atoms with van der Waals surface area (Å²) >= 11 is 0. The van der Waals surface area contributed by atoms with Crippen LogP contribution < -0.4 is 0 Å². The van der Waals surface area contributed by atoms with Gasteiger partial charge in [-0.1, -0.05) is 19.8 Å². The molecule has 190 valence electrons. The van der Waals surface area contributed by atoms with E-state index in [1.165, 1.54) is 4.90 Å². The monoisotopic (exact) mass is 469 g/mol. The van der Waals surface area contributed by atoms with Gasteiger partial charge < -0.3 is 9.64 Å². The maximum Gasteiger partial charge on any atom is 0.324 e. The Morgan fingerprint density at radius 3 is 1.88 bits per heavy atom. The predicted octanol–water partition coefficient (Wildman–Crippen LogP) is 2.77. The molecule has 1 rings (SSSR count). The Balaban J connectivity index is 0.000000653. The number of likely N-dealkylation sites (N-methyl/N-ethyl adjacent to an activating group) is 1. The van der Waals surface area contributed by atoms with Crippen LogP contribution in [0.2, 0.25) is 0 Å². The first-order valence-corrected chi connectivity index (χ1v) is 11.4. The predicted molar refractivity (Wildman–Crippen MR) is 129 cm³/mol. The third kappa shape index (κ3) is 11.1. The summed E-state index contributed by atoms with van der Waals surface area (Å²) in [6.45, 7) is 14.0. The van der Waals surface area contributed by atoms with Crippen molar-refractivity contribution in [2.75, 3.05) is 41.3 Å². The molecule has 1 aliphatic heterocycles. The molecule has 0 aromatic rings. The highest BCUT2D eigenvalue weighted by molar-refractivity contribution is 5.94. The number of esters is 1. The smallest absolute Gasteiger partial charge is 0.324 e. The molecule has 0 N–H and O–H groups in total. The maximum absolute atomic E-state index is 13.7. The Hall–Kier alpha value is -1.98. The van der Waals surface area contributed by atoms with E-state index in [4.69, 9.17) is 4.74 Å². The van der Waals surface area contributed by atoms with Gasteiger partial charge in [-0.2, -0.15) is 0 Å². The van der Waals surface area contributed by atoms with E-state index in [1.807, 2.05) is 86.5 Å². The number of likely N-dealkylation sites (tertiary alicyclic amines) is 1. The van der Waals surface area contributed by atoms with Crippen LogP contribution in [0, 0.1) is 17.8 Å². The number of carbonyl (C=O) groups excluding carboxylic acids is 3. The van der Waals surface area contributed by atoms with Gasteiger partial charge in [0.25, 0.3) is 5.91 Å². The van der Waals surface area contributed by atoms with Gasteiger partial charge in [-0.15, -0.1) is 0 Å². The summed E-state index contributed by atoms with van der Waals surface area (Å²) in [5.41, 5.74) is -2.56. The van der Waals surface area contributed by atoms with Crippen molar-refractivity contribution in [2.45, 2.75) is 84.2 Å². The standard InChI is InChI=1S/C14H21FN2O2.C11H23NO2/c1-13(2,16(3)4)6-5-12(19)17-9-7-14(15,11-18)8-10-17;1-8(2)9(12(6)7)10(13)14-11(3,4)5/h11H,7-10H2,1-4H3;8-9H,1-7H3. The quantitative estimate of drug-likeness (QED) is 0.350. The molecule has 1 atom stereocenters. The molecular formula is C25H44FN3O4. The molecule has 33 heavy (non-hydrogen) atoms. The van der Waals surface area contributed by atoms with Crippen LogP contribution >= 0.6 is 0 Å². The van der Waals surface area contributed by atoms with Crippen molar-refractivity contribution in [1.82, 2.24) is 14.7 Å². The number of amides is 1. The zero-order valence-electron chi connectivity index (χ0n) is 22.4. The average molecular weight is 470 g/mol. The van der Waals surface area contributed by atoms with Gasteiger partial charge in [-0.05, 0) is 74.6 Å². The lowest BCUT2D eigenvalue weighted by Gasteiger charge is -2.32. The second kappa shape index (κ2) is 12.5. The first-order valence-electron chi connectivity index (χ1n) is 11.4. The number of halogens is 1. The molecule has 0 spiro atoms.